The van der Waals surface area contributed by atoms with E-state index in [-0.39, 0.29) is 30.7 Å². The zero-order chi connectivity index (χ0) is 23.5. The Kier molecular flexibility index (Phi) is 6.26. The van der Waals surface area contributed by atoms with Gasteiger partial charge >= 0.3 is 5.97 Å². The minimum absolute atomic E-state index is 0.0923. The molecule has 0 unspecified atom stereocenters. The van der Waals surface area contributed by atoms with E-state index in [0.717, 1.165) is 0 Å². The van der Waals surface area contributed by atoms with Gasteiger partial charge in [0.2, 0.25) is 5.78 Å². The fourth-order valence-electron chi connectivity index (χ4n) is 4.10. The number of aromatic amines is 1. The fourth-order valence-corrected chi connectivity index (χ4v) is 4.10. The summed E-state index contributed by atoms with van der Waals surface area (Å²) in [7, 11) is 0. The van der Waals surface area contributed by atoms with Gasteiger partial charge in [0.15, 0.2) is 0 Å². The summed E-state index contributed by atoms with van der Waals surface area (Å²) in [4.78, 5) is 57.1. The number of aromatic nitrogens is 1. The van der Waals surface area contributed by atoms with Crippen molar-refractivity contribution in [2.75, 3.05) is 26.2 Å². The number of benzene rings is 2. The number of hydrogen-bond donors (Lipinski definition) is 1. The molecule has 1 N–H and O–H groups in total. The maximum Gasteiger partial charge on any atom is 0.340 e. The summed E-state index contributed by atoms with van der Waals surface area (Å²) in [5.41, 5.74) is 1.78. The molecule has 2 amide bonds. The average Bonchev–Trinajstić information content (AvgIpc) is 3.27. The minimum Gasteiger partial charge on any atom is -0.462 e. The molecular formula is C25H25N3O5. The zero-order valence-corrected chi connectivity index (χ0v) is 18.5. The number of hydrogen-bond acceptors (Lipinski definition) is 5. The Morgan fingerprint density at radius 3 is 2.48 bits per heavy atom. The van der Waals surface area contributed by atoms with Crippen LogP contribution in [0, 0.1) is 0 Å². The lowest BCUT2D eigenvalue weighted by atomic mass is 10.0. The summed E-state index contributed by atoms with van der Waals surface area (Å²) in [5.74, 6) is -1.86. The van der Waals surface area contributed by atoms with Crippen LogP contribution in [0.1, 0.15) is 44.9 Å². The quantitative estimate of drug-likeness (QED) is 0.368. The first-order valence-corrected chi connectivity index (χ1v) is 10.9. The smallest absolute Gasteiger partial charge is 0.340 e. The molecule has 2 aromatic carbocycles. The van der Waals surface area contributed by atoms with Crippen molar-refractivity contribution in [2.45, 2.75) is 19.9 Å². The van der Waals surface area contributed by atoms with Gasteiger partial charge in [0.1, 0.15) is 0 Å². The SMILES string of the molecule is CCOC(=O)c1c[nH]c2ccc(C(=O)C(=O)N3CCN(C(=O)c4ccccc4)C[C@H]3C)cc12. The molecule has 0 spiro atoms. The monoisotopic (exact) mass is 447 g/mol. The van der Waals surface area contributed by atoms with Crippen molar-refractivity contribution in [1.82, 2.24) is 14.8 Å². The Hall–Kier alpha value is -3.94. The van der Waals surface area contributed by atoms with Crippen molar-refractivity contribution in [3.05, 3.63) is 71.4 Å². The molecule has 1 atom stereocenters. The number of nitrogens with one attached hydrogen (secondary N) is 1. The highest BCUT2D eigenvalue weighted by molar-refractivity contribution is 6.43. The van der Waals surface area contributed by atoms with Crippen LogP contribution >= 0.6 is 0 Å². The van der Waals surface area contributed by atoms with E-state index < -0.39 is 17.7 Å². The second kappa shape index (κ2) is 9.28. The molecule has 2 heterocycles. The number of rotatable bonds is 5. The molecule has 4 rings (SSSR count). The van der Waals surface area contributed by atoms with E-state index in [4.69, 9.17) is 4.74 Å². The zero-order valence-electron chi connectivity index (χ0n) is 18.5. The Morgan fingerprint density at radius 1 is 1.03 bits per heavy atom. The number of piperazine rings is 1. The lowest BCUT2D eigenvalue weighted by molar-refractivity contribution is -0.130. The number of nitrogens with zero attached hydrogens (tertiary/aromatic N) is 2. The predicted molar refractivity (Wildman–Crippen MR) is 122 cm³/mol. The Balaban J connectivity index is 1.49. The van der Waals surface area contributed by atoms with E-state index >= 15 is 0 Å². The second-order valence-corrected chi connectivity index (χ2v) is 7.98. The molecule has 8 nitrogen and oxygen atoms in total. The third-order valence-electron chi connectivity index (χ3n) is 5.83. The lowest BCUT2D eigenvalue weighted by Crippen LogP contribution is -2.56. The van der Waals surface area contributed by atoms with Crippen molar-refractivity contribution < 1.29 is 23.9 Å². The molecular weight excluding hydrogens is 422 g/mol. The summed E-state index contributed by atoms with van der Waals surface area (Å²) in [6.45, 7) is 4.74. The summed E-state index contributed by atoms with van der Waals surface area (Å²) < 4.78 is 5.06. The van der Waals surface area contributed by atoms with Crippen LogP contribution in [0.4, 0.5) is 0 Å². The van der Waals surface area contributed by atoms with Gasteiger partial charge < -0.3 is 19.5 Å². The number of ketones is 1. The van der Waals surface area contributed by atoms with Crippen LogP contribution in [0.15, 0.2) is 54.7 Å². The average molecular weight is 447 g/mol. The normalized spacial score (nSPS) is 16.0. The molecule has 0 saturated carbocycles. The number of Topliss-reactive ketones (excluding diaryl/α,β-unsaturated/α-hetero) is 1. The van der Waals surface area contributed by atoms with Crippen molar-refractivity contribution in [3.63, 3.8) is 0 Å². The number of esters is 1. The molecule has 1 fully saturated rings. The van der Waals surface area contributed by atoms with Gasteiger partial charge in [-0.1, -0.05) is 18.2 Å². The van der Waals surface area contributed by atoms with Gasteiger partial charge in [-0.05, 0) is 44.2 Å². The predicted octanol–water partition coefficient (Wildman–Crippen LogP) is 2.90. The number of carbonyl (C=O) groups excluding carboxylic acids is 4. The molecule has 0 radical (unpaired) electrons. The highest BCUT2D eigenvalue weighted by Gasteiger charge is 2.33. The van der Waals surface area contributed by atoms with Crippen molar-refractivity contribution in [2.24, 2.45) is 0 Å². The highest BCUT2D eigenvalue weighted by Crippen LogP contribution is 2.22. The first-order chi connectivity index (χ1) is 15.9. The fraction of sp³-hybridized carbons (Fsp3) is 0.280. The molecule has 1 aliphatic heterocycles. The minimum atomic E-state index is -0.650. The van der Waals surface area contributed by atoms with Crippen molar-refractivity contribution in [3.8, 4) is 0 Å². The van der Waals surface area contributed by atoms with E-state index in [1.54, 1.807) is 36.1 Å². The van der Waals surface area contributed by atoms with E-state index in [2.05, 4.69) is 4.98 Å². The molecule has 1 aliphatic rings. The molecule has 3 aromatic rings. The Labute approximate surface area is 191 Å². The number of carbonyl (C=O) groups is 4. The van der Waals surface area contributed by atoms with E-state index in [1.807, 2.05) is 25.1 Å². The van der Waals surface area contributed by atoms with Crippen LogP contribution in [0.5, 0.6) is 0 Å². The third-order valence-corrected chi connectivity index (χ3v) is 5.83. The number of amides is 2. The maximum atomic E-state index is 13.0. The molecule has 1 aromatic heterocycles. The number of fused-ring (bicyclic) bond motifs is 1. The molecule has 1 saturated heterocycles. The van der Waals surface area contributed by atoms with Gasteiger partial charge in [-0.2, -0.15) is 0 Å². The van der Waals surface area contributed by atoms with Crippen LogP contribution < -0.4 is 0 Å². The largest absolute Gasteiger partial charge is 0.462 e. The van der Waals surface area contributed by atoms with Gasteiger partial charge in [0.05, 0.1) is 12.2 Å². The second-order valence-electron chi connectivity index (χ2n) is 7.98. The first kappa shape index (κ1) is 22.3. The van der Waals surface area contributed by atoms with Gasteiger partial charge in [-0.3, -0.25) is 14.4 Å². The molecule has 0 aliphatic carbocycles. The Morgan fingerprint density at radius 2 is 1.79 bits per heavy atom. The summed E-state index contributed by atoms with van der Waals surface area (Å²) in [5, 5.41) is 0.526. The van der Waals surface area contributed by atoms with Crippen molar-refractivity contribution >= 4 is 34.5 Å². The van der Waals surface area contributed by atoms with Gasteiger partial charge in [0, 0.05) is 53.9 Å². The maximum absolute atomic E-state index is 13.0. The molecule has 170 valence electrons. The summed E-state index contributed by atoms with van der Waals surface area (Å²) in [6.07, 6.45) is 1.53. The van der Waals surface area contributed by atoms with Crippen LogP contribution in [-0.4, -0.2) is 70.6 Å². The van der Waals surface area contributed by atoms with E-state index in [9.17, 15) is 19.2 Å². The standard InChI is InChI=1S/C25H25N3O5/c1-3-33-25(32)20-14-26-21-10-9-18(13-19(20)21)22(29)24(31)28-12-11-27(15-16(28)2)23(30)17-7-5-4-6-8-17/h4-10,13-14,16,26H,3,11-12,15H2,1-2H3/t16-/m1/s1. The van der Waals surface area contributed by atoms with Crippen LogP contribution in [0.25, 0.3) is 10.9 Å². The van der Waals surface area contributed by atoms with Crippen LogP contribution in [-0.2, 0) is 9.53 Å². The summed E-state index contributed by atoms with van der Waals surface area (Å²) >= 11 is 0. The third kappa shape index (κ3) is 4.37. The van der Waals surface area contributed by atoms with Crippen molar-refractivity contribution in [1.29, 1.82) is 0 Å². The first-order valence-electron chi connectivity index (χ1n) is 10.9. The summed E-state index contributed by atoms with van der Waals surface area (Å²) in [6, 6.07) is 13.4. The van der Waals surface area contributed by atoms with Gasteiger partial charge in [-0.15, -0.1) is 0 Å². The topological polar surface area (TPSA) is 99.8 Å². The molecule has 8 heteroatoms. The van der Waals surface area contributed by atoms with E-state index in [0.29, 0.717) is 35.1 Å². The van der Waals surface area contributed by atoms with Gasteiger partial charge in [-0.25, -0.2) is 4.79 Å². The van der Waals surface area contributed by atoms with E-state index in [1.165, 1.54) is 17.2 Å². The molecule has 0 bridgehead atoms. The van der Waals surface area contributed by atoms with Crippen LogP contribution in [0.2, 0.25) is 0 Å². The number of H-pyrrole nitrogens is 1. The highest BCUT2D eigenvalue weighted by atomic mass is 16.5. The Bertz CT molecular complexity index is 1220. The van der Waals surface area contributed by atoms with Crippen LogP contribution in [0.3, 0.4) is 0 Å². The molecule has 33 heavy (non-hydrogen) atoms. The number of ether oxygens (including phenoxy) is 1. The lowest BCUT2D eigenvalue weighted by Gasteiger charge is -2.39. The van der Waals surface area contributed by atoms with Gasteiger partial charge in [0.25, 0.3) is 11.8 Å².